The topological polar surface area (TPSA) is 147 Å². The molecule has 0 saturated heterocycles. The Morgan fingerprint density at radius 1 is 1.04 bits per heavy atom. The Morgan fingerprint density at radius 3 is 2.07 bits per heavy atom. The van der Waals surface area contributed by atoms with Gasteiger partial charge in [-0.3, -0.25) is 5.32 Å². The van der Waals surface area contributed by atoms with Crippen molar-refractivity contribution in [1.82, 2.24) is 10.3 Å². The summed E-state index contributed by atoms with van der Waals surface area (Å²) in [6.07, 6.45) is -2.21. The number of aliphatic carboxylic acids is 1. The number of rotatable bonds is 5. The minimum Gasteiger partial charge on any atom is -0.480 e. The van der Waals surface area contributed by atoms with Crippen LogP contribution in [0.5, 0.6) is 0 Å². The van der Waals surface area contributed by atoms with Crippen LogP contribution in [0.2, 0.25) is 0 Å². The third-order valence-corrected chi connectivity index (χ3v) is 3.03. The van der Waals surface area contributed by atoms with Crippen molar-refractivity contribution < 1.29 is 34.1 Å². The van der Waals surface area contributed by atoms with Crippen LogP contribution in [0, 0.1) is 0 Å². The maximum Gasteiger partial charge on any atom is 0.413 e. The van der Waals surface area contributed by atoms with Gasteiger partial charge in [-0.15, -0.1) is 0 Å². The molecule has 28 heavy (non-hydrogen) atoms. The molecule has 2 atom stereocenters. The zero-order valence-electron chi connectivity index (χ0n) is 16.8. The van der Waals surface area contributed by atoms with E-state index < -0.39 is 41.5 Å². The Morgan fingerprint density at radius 2 is 1.57 bits per heavy atom. The molecule has 0 fully saturated rings. The first kappa shape index (κ1) is 23.2. The van der Waals surface area contributed by atoms with Gasteiger partial charge in [-0.1, -0.05) is 6.07 Å². The SMILES string of the molecule is CC(C)(C)OC(=O)Nc1ncccc1[C@@H](O)[C@@H](NC(=O)OC(C)(C)C)C(=O)O. The van der Waals surface area contributed by atoms with E-state index in [1.807, 2.05) is 0 Å². The normalized spacial score (nSPS) is 13.8. The number of aliphatic hydroxyl groups excluding tert-OH is 1. The summed E-state index contributed by atoms with van der Waals surface area (Å²) in [7, 11) is 0. The average molecular weight is 397 g/mol. The third kappa shape index (κ3) is 7.78. The zero-order valence-corrected chi connectivity index (χ0v) is 16.8. The summed E-state index contributed by atoms with van der Waals surface area (Å²) in [5, 5.41) is 24.4. The molecule has 156 valence electrons. The Kier molecular flexibility index (Phi) is 7.34. The van der Waals surface area contributed by atoms with E-state index in [1.165, 1.54) is 18.3 Å². The molecule has 0 aliphatic rings. The van der Waals surface area contributed by atoms with Crippen LogP contribution in [0.4, 0.5) is 15.4 Å². The first-order valence-electron chi connectivity index (χ1n) is 8.55. The lowest BCUT2D eigenvalue weighted by Gasteiger charge is -2.25. The number of pyridine rings is 1. The van der Waals surface area contributed by atoms with E-state index in [2.05, 4.69) is 15.6 Å². The molecule has 0 unspecified atom stereocenters. The van der Waals surface area contributed by atoms with Gasteiger partial charge in [0, 0.05) is 11.8 Å². The zero-order chi connectivity index (χ0) is 21.7. The second-order valence-corrected chi connectivity index (χ2v) is 7.98. The summed E-state index contributed by atoms with van der Waals surface area (Å²) in [4.78, 5) is 39.4. The summed E-state index contributed by atoms with van der Waals surface area (Å²) in [5.74, 6) is -1.59. The van der Waals surface area contributed by atoms with E-state index >= 15 is 0 Å². The van der Waals surface area contributed by atoms with Gasteiger partial charge in [-0.05, 0) is 47.6 Å². The van der Waals surface area contributed by atoms with Crippen molar-refractivity contribution in [3.63, 3.8) is 0 Å². The van der Waals surface area contributed by atoms with Crippen molar-refractivity contribution in [3.8, 4) is 0 Å². The lowest BCUT2D eigenvalue weighted by Crippen LogP contribution is -2.47. The number of carboxylic acids is 1. The molecule has 0 saturated carbocycles. The fourth-order valence-corrected chi connectivity index (χ4v) is 2.05. The molecule has 0 aliphatic heterocycles. The number of hydrogen-bond donors (Lipinski definition) is 4. The van der Waals surface area contributed by atoms with Gasteiger partial charge >= 0.3 is 18.2 Å². The number of ether oxygens (including phenoxy) is 2. The lowest BCUT2D eigenvalue weighted by atomic mass is 10.0. The Balaban J connectivity index is 3.04. The summed E-state index contributed by atoms with van der Waals surface area (Å²) < 4.78 is 10.2. The molecule has 2 amide bonds. The number of nitrogens with one attached hydrogen (secondary N) is 2. The number of carbonyl (C=O) groups excluding carboxylic acids is 2. The van der Waals surface area contributed by atoms with Crippen molar-refractivity contribution in [3.05, 3.63) is 23.9 Å². The Bertz CT molecular complexity index is 723. The summed E-state index contributed by atoms with van der Waals surface area (Å²) in [6.45, 7) is 9.86. The first-order valence-corrected chi connectivity index (χ1v) is 8.55. The van der Waals surface area contributed by atoms with E-state index in [4.69, 9.17) is 9.47 Å². The molecule has 1 heterocycles. The van der Waals surface area contributed by atoms with Crippen LogP contribution in [0.1, 0.15) is 53.2 Å². The minimum absolute atomic E-state index is 0.0168. The van der Waals surface area contributed by atoms with Crippen LogP contribution in [-0.2, 0) is 14.3 Å². The minimum atomic E-state index is -1.74. The number of aliphatic hydroxyl groups is 1. The van der Waals surface area contributed by atoms with Gasteiger partial charge in [0.25, 0.3) is 0 Å². The summed E-state index contributed by atoms with van der Waals surface area (Å²) in [6, 6.07) is 1.08. The maximum atomic E-state index is 12.0. The first-order chi connectivity index (χ1) is 12.7. The molecule has 1 aromatic rings. The number of anilines is 1. The summed E-state index contributed by atoms with van der Waals surface area (Å²) in [5.41, 5.74) is -1.63. The third-order valence-electron chi connectivity index (χ3n) is 3.03. The van der Waals surface area contributed by atoms with Gasteiger partial charge in [0.15, 0.2) is 6.04 Å². The molecule has 10 heteroatoms. The monoisotopic (exact) mass is 397 g/mol. The predicted octanol–water partition coefficient (Wildman–Crippen LogP) is 2.44. The van der Waals surface area contributed by atoms with E-state index in [-0.39, 0.29) is 11.4 Å². The number of hydrogen-bond acceptors (Lipinski definition) is 7. The molecule has 1 aromatic heterocycles. The number of carbonyl (C=O) groups is 3. The van der Waals surface area contributed by atoms with Gasteiger partial charge in [-0.25, -0.2) is 19.4 Å². The van der Waals surface area contributed by atoms with Gasteiger partial charge in [-0.2, -0.15) is 0 Å². The Labute approximate surface area is 163 Å². The smallest absolute Gasteiger partial charge is 0.413 e. The van der Waals surface area contributed by atoms with E-state index in [0.717, 1.165) is 0 Å². The highest BCUT2D eigenvalue weighted by atomic mass is 16.6. The number of amides is 2. The fraction of sp³-hybridized carbons (Fsp3) is 0.556. The molecule has 0 spiro atoms. The highest BCUT2D eigenvalue weighted by molar-refractivity contribution is 5.85. The van der Waals surface area contributed by atoms with Crippen LogP contribution < -0.4 is 10.6 Å². The second kappa shape index (κ2) is 8.87. The predicted molar refractivity (Wildman–Crippen MR) is 99.8 cm³/mol. The van der Waals surface area contributed by atoms with E-state index in [1.54, 1.807) is 41.5 Å². The van der Waals surface area contributed by atoms with Gasteiger partial charge < -0.3 is 25.0 Å². The molecular formula is C18H27N3O7. The average Bonchev–Trinajstić information content (AvgIpc) is 2.48. The van der Waals surface area contributed by atoms with Crippen LogP contribution in [0.15, 0.2) is 18.3 Å². The van der Waals surface area contributed by atoms with Crippen LogP contribution >= 0.6 is 0 Å². The molecule has 0 aliphatic carbocycles. The van der Waals surface area contributed by atoms with Crippen molar-refractivity contribution in [2.45, 2.75) is 64.9 Å². The fourth-order valence-electron chi connectivity index (χ4n) is 2.05. The number of nitrogens with zero attached hydrogens (tertiary/aromatic N) is 1. The molecule has 0 bridgehead atoms. The number of carboxylic acid groups (broad SMARTS) is 1. The highest BCUT2D eigenvalue weighted by Gasteiger charge is 2.33. The maximum absolute atomic E-state index is 12.0. The van der Waals surface area contributed by atoms with Crippen LogP contribution in [0.25, 0.3) is 0 Å². The molecule has 0 radical (unpaired) electrons. The van der Waals surface area contributed by atoms with Crippen molar-refractivity contribution in [2.24, 2.45) is 0 Å². The van der Waals surface area contributed by atoms with Crippen molar-refractivity contribution >= 4 is 24.0 Å². The molecular weight excluding hydrogens is 370 g/mol. The quantitative estimate of drug-likeness (QED) is 0.592. The van der Waals surface area contributed by atoms with Crippen molar-refractivity contribution in [1.29, 1.82) is 0 Å². The van der Waals surface area contributed by atoms with Crippen LogP contribution in [0.3, 0.4) is 0 Å². The number of alkyl carbamates (subject to hydrolysis) is 1. The Hall–Kier alpha value is -2.88. The summed E-state index contributed by atoms with van der Waals surface area (Å²) >= 11 is 0. The lowest BCUT2D eigenvalue weighted by molar-refractivity contribution is -0.142. The molecule has 1 rings (SSSR count). The van der Waals surface area contributed by atoms with Crippen LogP contribution in [-0.4, -0.2) is 50.6 Å². The standard InChI is InChI=1S/C18H27N3O7/c1-17(2,3)27-15(25)20-11(14(23)24)12(22)10-8-7-9-19-13(10)21-16(26)28-18(4,5)6/h7-9,11-12,22H,1-6H3,(H,20,25)(H,23,24)(H,19,21,26)/t11-,12-/m1/s1. The largest absolute Gasteiger partial charge is 0.480 e. The van der Waals surface area contributed by atoms with Crippen molar-refractivity contribution in [2.75, 3.05) is 5.32 Å². The molecule has 4 N–H and O–H groups in total. The van der Waals surface area contributed by atoms with Gasteiger partial charge in [0.2, 0.25) is 0 Å². The molecule has 0 aromatic carbocycles. The second-order valence-electron chi connectivity index (χ2n) is 7.98. The number of aromatic nitrogens is 1. The van der Waals surface area contributed by atoms with Gasteiger partial charge in [0.05, 0.1) is 0 Å². The highest BCUT2D eigenvalue weighted by Crippen LogP contribution is 2.24. The molecule has 10 nitrogen and oxygen atoms in total. The van der Waals surface area contributed by atoms with Gasteiger partial charge in [0.1, 0.15) is 23.1 Å². The van der Waals surface area contributed by atoms with E-state index in [9.17, 15) is 24.6 Å². The van der Waals surface area contributed by atoms with E-state index in [0.29, 0.717) is 0 Å².